The van der Waals surface area contributed by atoms with Gasteiger partial charge in [-0.05, 0) is 28.6 Å². The maximum Gasteiger partial charge on any atom is 0.251 e. The highest BCUT2D eigenvalue weighted by Gasteiger charge is 2.36. The fourth-order valence-corrected chi connectivity index (χ4v) is 2.10. The molecular weight excluding hydrogens is 279 g/mol. The first kappa shape index (κ1) is 13.2. The summed E-state index contributed by atoms with van der Waals surface area (Å²) in [7, 11) is 1.40. The normalized spacial score (nSPS) is 18.4. The molecule has 1 atom stereocenters. The zero-order valence-electron chi connectivity index (χ0n) is 11.0. The lowest BCUT2D eigenvalue weighted by molar-refractivity contribution is -0.136. The van der Waals surface area contributed by atoms with Crippen LogP contribution >= 0.6 is 0 Å². The van der Waals surface area contributed by atoms with Crippen molar-refractivity contribution in [3.05, 3.63) is 30.3 Å². The van der Waals surface area contributed by atoms with Gasteiger partial charge in [0.1, 0.15) is 18.2 Å². The number of benzene rings is 1. The zero-order valence-corrected chi connectivity index (χ0v) is 11.0. The molecule has 0 bridgehead atoms. The molecule has 3 rings (SSSR count). The number of nitrogens with zero attached hydrogens (tertiary/aromatic N) is 5. The molecule has 0 saturated carbocycles. The topological polar surface area (TPSA) is 93.0 Å². The molecular formula is C12H11FN6O2. The summed E-state index contributed by atoms with van der Waals surface area (Å²) in [5.41, 5.74) is 0.651. The van der Waals surface area contributed by atoms with E-state index in [1.165, 1.54) is 36.3 Å². The first-order valence-corrected chi connectivity index (χ1v) is 6.16. The third-order valence-corrected chi connectivity index (χ3v) is 3.27. The summed E-state index contributed by atoms with van der Waals surface area (Å²) in [4.78, 5) is 24.3. The van der Waals surface area contributed by atoms with Gasteiger partial charge in [-0.2, -0.15) is 0 Å². The van der Waals surface area contributed by atoms with Crippen molar-refractivity contribution in [2.45, 2.75) is 12.5 Å². The lowest BCUT2D eigenvalue weighted by Gasteiger charge is -2.14. The molecule has 0 radical (unpaired) electrons. The summed E-state index contributed by atoms with van der Waals surface area (Å²) in [5.74, 6) is -1.21. The number of imide groups is 1. The van der Waals surface area contributed by atoms with E-state index in [0.29, 0.717) is 5.69 Å². The van der Waals surface area contributed by atoms with E-state index in [2.05, 4.69) is 20.8 Å². The highest BCUT2D eigenvalue weighted by atomic mass is 19.1. The van der Waals surface area contributed by atoms with Gasteiger partial charge in [-0.25, -0.2) is 9.07 Å². The predicted molar refractivity (Wildman–Crippen MR) is 68.9 cm³/mol. The number of tetrazole rings is 1. The molecule has 9 heteroatoms. The smallest absolute Gasteiger partial charge is 0.251 e. The van der Waals surface area contributed by atoms with Crippen molar-refractivity contribution >= 4 is 17.5 Å². The van der Waals surface area contributed by atoms with Gasteiger partial charge in [0.05, 0.1) is 17.8 Å². The number of nitrogens with one attached hydrogen (secondary N) is 1. The molecule has 1 fully saturated rings. The van der Waals surface area contributed by atoms with Gasteiger partial charge in [0.2, 0.25) is 5.91 Å². The van der Waals surface area contributed by atoms with Crippen molar-refractivity contribution in [1.29, 1.82) is 0 Å². The monoisotopic (exact) mass is 290 g/mol. The second-order valence-electron chi connectivity index (χ2n) is 4.61. The molecule has 1 aromatic carbocycles. The standard InChI is InChI=1S/C12H11FN6O2/c1-18-11(20)5-10(12(18)21)15-9-4-7(2-3-8(9)13)19-6-14-16-17-19/h2-4,6,10,15H,5H2,1H3. The number of hydrogen-bond donors (Lipinski definition) is 1. The lowest BCUT2D eigenvalue weighted by atomic mass is 10.2. The van der Waals surface area contributed by atoms with Crippen LogP contribution in [0.2, 0.25) is 0 Å². The van der Waals surface area contributed by atoms with Crippen molar-refractivity contribution < 1.29 is 14.0 Å². The lowest BCUT2D eigenvalue weighted by Crippen LogP contribution is -2.32. The molecule has 1 saturated heterocycles. The first-order valence-electron chi connectivity index (χ1n) is 6.16. The van der Waals surface area contributed by atoms with Crippen LogP contribution in [-0.4, -0.2) is 50.0 Å². The number of anilines is 1. The van der Waals surface area contributed by atoms with Crippen LogP contribution < -0.4 is 5.32 Å². The minimum atomic E-state index is -0.763. The van der Waals surface area contributed by atoms with Crippen molar-refractivity contribution in [1.82, 2.24) is 25.1 Å². The number of likely N-dealkylation sites (N-methyl/N-ethyl adjacent to an activating group) is 1. The quantitative estimate of drug-likeness (QED) is 0.798. The molecule has 108 valence electrons. The summed E-state index contributed by atoms with van der Waals surface area (Å²) in [6, 6.07) is 3.46. The summed E-state index contributed by atoms with van der Waals surface area (Å²) >= 11 is 0. The Balaban J connectivity index is 1.87. The van der Waals surface area contributed by atoms with E-state index in [1.54, 1.807) is 0 Å². The Labute approximate surface area is 118 Å². The number of amides is 2. The molecule has 1 aromatic heterocycles. The molecule has 2 heterocycles. The Bertz CT molecular complexity index is 702. The van der Waals surface area contributed by atoms with Gasteiger partial charge in [-0.3, -0.25) is 14.5 Å². The largest absolute Gasteiger partial charge is 0.371 e. The number of aromatic nitrogens is 4. The van der Waals surface area contributed by atoms with Crippen molar-refractivity contribution in [3.8, 4) is 5.69 Å². The molecule has 1 aliphatic heterocycles. The van der Waals surface area contributed by atoms with Crippen LogP contribution in [0.15, 0.2) is 24.5 Å². The van der Waals surface area contributed by atoms with Gasteiger partial charge < -0.3 is 5.32 Å². The molecule has 21 heavy (non-hydrogen) atoms. The zero-order chi connectivity index (χ0) is 15.0. The summed E-state index contributed by atoms with van der Waals surface area (Å²) < 4.78 is 15.2. The SMILES string of the molecule is CN1C(=O)CC(Nc2cc(-n3cnnn3)ccc2F)C1=O. The number of carbonyl (C=O) groups excluding carboxylic acids is 2. The van der Waals surface area contributed by atoms with E-state index in [-0.39, 0.29) is 23.9 Å². The Hall–Kier alpha value is -2.84. The van der Waals surface area contributed by atoms with Crippen molar-refractivity contribution in [2.75, 3.05) is 12.4 Å². The van der Waals surface area contributed by atoms with E-state index >= 15 is 0 Å². The highest BCUT2D eigenvalue weighted by molar-refractivity contribution is 6.06. The van der Waals surface area contributed by atoms with Gasteiger partial charge in [0, 0.05) is 7.05 Å². The van der Waals surface area contributed by atoms with Crippen LogP contribution in [0.1, 0.15) is 6.42 Å². The van der Waals surface area contributed by atoms with E-state index in [9.17, 15) is 14.0 Å². The molecule has 0 spiro atoms. The minimum Gasteiger partial charge on any atom is -0.371 e. The van der Waals surface area contributed by atoms with Crippen LogP contribution in [0.3, 0.4) is 0 Å². The highest BCUT2D eigenvalue weighted by Crippen LogP contribution is 2.22. The summed E-state index contributed by atoms with van der Waals surface area (Å²) in [6.45, 7) is 0. The van der Waals surface area contributed by atoms with Gasteiger partial charge >= 0.3 is 0 Å². The van der Waals surface area contributed by atoms with Gasteiger partial charge in [0.15, 0.2) is 0 Å². The van der Waals surface area contributed by atoms with Crippen LogP contribution in [0.5, 0.6) is 0 Å². The van der Waals surface area contributed by atoms with Gasteiger partial charge in [-0.1, -0.05) is 0 Å². The average molecular weight is 290 g/mol. The second-order valence-corrected chi connectivity index (χ2v) is 4.61. The fraction of sp³-hybridized carbons (Fsp3) is 0.250. The Kier molecular flexibility index (Phi) is 3.09. The summed E-state index contributed by atoms with van der Waals surface area (Å²) in [6.07, 6.45) is 1.37. The predicted octanol–water partition coefficient (Wildman–Crippen LogP) is -0.0294. The third-order valence-electron chi connectivity index (χ3n) is 3.27. The van der Waals surface area contributed by atoms with Gasteiger partial charge in [0.25, 0.3) is 5.91 Å². The van der Waals surface area contributed by atoms with E-state index in [0.717, 1.165) is 4.90 Å². The number of halogens is 1. The molecule has 1 N–H and O–H groups in total. The average Bonchev–Trinajstić information content (AvgIpc) is 3.07. The van der Waals surface area contributed by atoms with E-state index in [1.807, 2.05) is 0 Å². The van der Waals surface area contributed by atoms with E-state index < -0.39 is 11.9 Å². The second kappa shape index (κ2) is 4.93. The van der Waals surface area contributed by atoms with Crippen LogP contribution in [0.25, 0.3) is 5.69 Å². The maximum atomic E-state index is 13.9. The number of rotatable bonds is 3. The molecule has 2 aromatic rings. The van der Waals surface area contributed by atoms with Crippen molar-refractivity contribution in [3.63, 3.8) is 0 Å². The van der Waals surface area contributed by atoms with Crippen LogP contribution in [0, 0.1) is 5.82 Å². The molecule has 1 aliphatic rings. The Morgan fingerprint density at radius 2 is 2.19 bits per heavy atom. The molecule has 2 amide bonds. The molecule has 8 nitrogen and oxygen atoms in total. The number of hydrogen-bond acceptors (Lipinski definition) is 6. The van der Waals surface area contributed by atoms with Crippen LogP contribution in [0.4, 0.5) is 10.1 Å². The van der Waals surface area contributed by atoms with Crippen molar-refractivity contribution in [2.24, 2.45) is 0 Å². The number of carbonyl (C=O) groups is 2. The maximum absolute atomic E-state index is 13.9. The Morgan fingerprint density at radius 3 is 2.81 bits per heavy atom. The fourth-order valence-electron chi connectivity index (χ4n) is 2.10. The molecule has 1 unspecified atom stereocenters. The van der Waals surface area contributed by atoms with Gasteiger partial charge in [-0.15, -0.1) is 5.10 Å². The summed E-state index contributed by atoms with van der Waals surface area (Å²) in [5, 5.41) is 13.5. The number of likely N-dealkylation sites (tertiary alicyclic amines) is 1. The first-order chi connectivity index (χ1) is 10.1. The Morgan fingerprint density at radius 1 is 1.38 bits per heavy atom. The third kappa shape index (κ3) is 2.33. The van der Waals surface area contributed by atoms with E-state index in [4.69, 9.17) is 0 Å². The molecule has 0 aliphatic carbocycles. The minimum absolute atomic E-state index is 0.00385. The van der Waals surface area contributed by atoms with Crippen LogP contribution in [-0.2, 0) is 9.59 Å².